The zero-order valence-electron chi connectivity index (χ0n) is 13.6. The molecule has 0 saturated carbocycles. The van der Waals surface area contributed by atoms with Crippen molar-refractivity contribution in [1.29, 1.82) is 0 Å². The van der Waals surface area contributed by atoms with E-state index in [0.717, 1.165) is 6.08 Å². The molecule has 2 rings (SSSR count). The molecule has 1 heterocycles. The maximum atomic E-state index is 13.6. The van der Waals surface area contributed by atoms with E-state index in [4.69, 9.17) is 4.74 Å². The molecule has 1 aliphatic heterocycles. The smallest absolute Gasteiger partial charge is 0.432 e. The number of carbonyl (C=O) groups is 1. The van der Waals surface area contributed by atoms with Crippen LogP contribution in [0.3, 0.4) is 0 Å². The number of rotatable bonds is 4. The Balaban J connectivity index is 2.66. The minimum atomic E-state index is -4.88. The summed E-state index contributed by atoms with van der Waals surface area (Å²) in [6.07, 6.45) is -4.44. The van der Waals surface area contributed by atoms with Gasteiger partial charge in [-0.3, -0.25) is 0 Å². The lowest BCUT2D eigenvalue weighted by Crippen LogP contribution is -2.54. The number of ether oxygens (including phenoxy) is 1. The summed E-state index contributed by atoms with van der Waals surface area (Å²) >= 11 is 0. The number of aliphatic hydroxyl groups excluding tert-OH is 1. The number of hydrogen-bond donors (Lipinski definition) is 2. The molecular formula is C17H19F3O4. The molecule has 0 aromatic heterocycles. The maximum absolute atomic E-state index is 13.6. The molecule has 0 fully saturated rings. The lowest BCUT2D eigenvalue weighted by molar-refractivity contribution is -0.236. The Labute approximate surface area is 137 Å². The fraction of sp³-hybridized carbons (Fsp3) is 0.471. The Morgan fingerprint density at radius 3 is 2.38 bits per heavy atom. The van der Waals surface area contributed by atoms with Gasteiger partial charge >= 0.3 is 12.1 Å². The van der Waals surface area contributed by atoms with E-state index in [9.17, 15) is 28.2 Å². The number of carboxylic acids is 1. The summed E-state index contributed by atoms with van der Waals surface area (Å²) in [6, 6.07) is 4.57. The second-order valence-electron chi connectivity index (χ2n) is 6.44. The van der Waals surface area contributed by atoms with E-state index >= 15 is 0 Å². The summed E-state index contributed by atoms with van der Waals surface area (Å²) < 4.78 is 46.1. The predicted molar refractivity (Wildman–Crippen MR) is 81.9 cm³/mol. The fourth-order valence-electron chi connectivity index (χ4n) is 2.68. The molecule has 4 nitrogen and oxygen atoms in total. The van der Waals surface area contributed by atoms with Crippen LogP contribution in [0.1, 0.15) is 38.3 Å². The molecule has 1 aromatic carbocycles. The van der Waals surface area contributed by atoms with E-state index in [1.165, 1.54) is 19.1 Å². The Hall–Kier alpha value is -2.02. The summed E-state index contributed by atoms with van der Waals surface area (Å²) in [5.41, 5.74) is -3.53. The largest absolute Gasteiger partial charge is 0.478 e. The third-order valence-corrected chi connectivity index (χ3v) is 4.40. The summed E-state index contributed by atoms with van der Waals surface area (Å²) in [4.78, 5) is 11.4. The molecule has 0 aliphatic carbocycles. The minimum Gasteiger partial charge on any atom is -0.478 e. The maximum Gasteiger partial charge on any atom is 0.432 e. The quantitative estimate of drug-likeness (QED) is 0.877. The van der Waals surface area contributed by atoms with Gasteiger partial charge in [-0.25, -0.2) is 4.79 Å². The highest BCUT2D eigenvalue weighted by atomic mass is 19.4. The molecule has 0 spiro atoms. The van der Waals surface area contributed by atoms with Crippen LogP contribution in [0.4, 0.5) is 13.2 Å². The summed E-state index contributed by atoms with van der Waals surface area (Å²) in [5.74, 6) is -1.71. The van der Waals surface area contributed by atoms with Crippen molar-refractivity contribution < 1.29 is 32.9 Å². The number of alkyl halides is 3. The van der Waals surface area contributed by atoms with Crippen LogP contribution in [-0.4, -0.2) is 34.6 Å². The van der Waals surface area contributed by atoms with E-state index in [2.05, 4.69) is 0 Å². The van der Waals surface area contributed by atoms with Gasteiger partial charge in [0.15, 0.2) is 0 Å². The first-order valence-electron chi connectivity index (χ1n) is 7.45. The van der Waals surface area contributed by atoms with Crippen LogP contribution in [0.2, 0.25) is 0 Å². The molecule has 1 aromatic rings. The summed E-state index contributed by atoms with van der Waals surface area (Å²) in [5, 5.41) is 18.7. The molecular weight excluding hydrogens is 325 g/mol. The van der Waals surface area contributed by atoms with Gasteiger partial charge in [0.05, 0.1) is 12.2 Å². The Morgan fingerprint density at radius 2 is 1.92 bits per heavy atom. The van der Waals surface area contributed by atoms with Gasteiger partial charge in [0.2, 0.25) is 5.60 Å². The second-order valence-corrected chi connectivity index (χ2v) is 6.44. The van der Waals surface area contributed by atoms with Gasteiger partial charge in [0.25, 0.3) is 0 Å². The predicted octanol–water partition coefficient (Wildman–Crippen LogP) is 3.53. The highest BCUT2D eigenvalue weighted by Gasteiger charge is 2.61. The number of hydrogen-bond acceptors (Lipinski definition) is 3. The number of benzene rings is 1. The molecule has 24 heavy (non-hydrogen) atoms. The van der Waals surface area contributed by atoms with Crippen LogP contribution in [0.25, 0.3) is 6.08 Å². The zero-order chi connectivity index (χ0) is 18.3. The third-order valence-electron chi connectivity index (χ3n) is 4.40. The van der Waals surface area contributed by atoms with E-state index in [1.54, 1.807) is 19.9 Å². The topological polar surface area (TPSA) is 66.8 Å². The van der Waals surface area contributed by atoms with Gasteiger partial charge in [-0.1, -0.05) is 32.9 Å². The summed E-state index contributed by atoms with van der Waals surface area (Å²) in [6.45, 7) is 4.52. The number of aliphatic carboxylic acids is 1. The normalized spacial score (nSPS) is 20.9. The number of halogens is 3. The molecule has 1 unspecified atom stereocenters. The van der Waals surface area contributed by atoms with Crippen molar-refractivity contribution in [2.24, 2.45) is 0 Å². The number of carboxylic acid groups (broad SMARTS) is 1. The van der Waals surface area contributed by atoms with Gasteiger partial charge in [0, 0.05) is 11.0 Å². The average molecular weight is 344 g/mol. The van der Waals surface area contributed by atoms with Crippen LogP contribution in [0.5, 0.6) is 5.75 Å². The van der Waals surface area contributed by atoms with Crippen LogP contribution in [0, 0.1) is 0 Å². The Bertz CT molecular complexity index is 692. The van der Waals surface area contributed by atoms with Crippen molar-refractivity contribution in [3.8, 4) is 5.75 Å². The fourth-order valence-corrected chi connectivity index (χ4v) is 2.68. The molecule has 2 N–H and O–H groups in total. The van der Waals surface area contributed by atoms with Crippen molar-refractivity contribution in [1.82, 2.24) is 0 Å². The van der Waals surface area contributed by atoms with Crippen molar-refractivity contribution in [2.75, 3.05) is 6.61 Å². The molecule has 1 aliphatic rings. The van der Waals surface area contributed by atoms with Crippen molar-refractivity contribution in [2.45, 2.75) is 44.4 Å². The average Bonchev–Trinajstić information content (AvgIpc) is 2.51. The van der Waals surface area contributed by atoms with Crippen LogP contribution in [-0.2, 0) is 10.2 Å². The summed E-state index contributed by atoms with van der Waals surface area (Å²) in [7, 11) is 0. The van der Waals surface area contributed by atoms with Crippen molar-refractivity contribution in [3.05, 3.63) is 34.9 Å². The van der Waals surface area contributed by atoms with E-state index < -0.39 is 35.2 Å². The molecule has 132 valence electrons. The van der Waals surface area contributed by atoms with Gasteiger partial charge in [-0.2, -0.15) is 13.2 Å². The molecule has 7 heteroatoms. The number of aliphatic hydroxyl groups is 1. The minimum absolute atomic E-state index is 0.0433. The molecule has 0 radical (unpaired) electrons. The first-order valence-corrected chi connectivity index (χ1v) is 7.45. The zero-order valence-corrected chi connectivity index (χ0v) is 13.6. The van der Waals surface area contributed by atoms with E-state index in [1.807, 2.05) is 0 Å². The molecule has 0 bridgehead atoms. The monoisotopic (exact) mass is 344 g/mol. The molecule has 0 amide bonds. The van der Waals surface area contributed by atoms with Crippen LogP contribution < -0.4 is 4.74 Å². The standard InChI is InChI=1S/C17H19F3O4/c1-4-16(17(18,19)20)12(14(22)23)7-10-5-6-11(8-13(10)24-16)15(2,3)9-21/h5-8,21H,4,9H2,1-3H3,(H,22,23). The van der Waals surface area contributed by atoms with Crippen molar-refractivity contribution in [3.63, 3.8) is 0 Å². The van der Waals surface area contributed by atoms with Crippen molar-refractivity contribution >= 4 is 12.0 Å². The second kappa shape index (κ2) is 5.81. The van der Waals surface area contributed by atoms with E-state index in [-0.39, 0.29) is 17.9 Å². The SMILES string of the molecule is CCC1(C(F)(F)F)Oc2cc(C(C)(C)CO)ccc2C=C1C(=O)O. The Morgan fingerprint density at radius 1 is 1.29 bits per heavy atom. The first kappa shape index (κ1) is 18.3. The first-order chi connectivity index (χ1) is 11.0. The van der Waals surface area contributed by atoms with Gasteiger partial charge in [-0.05, 0) is 24.1 Å². The van der Waals surface area contributed by atoms with Gasteiger partial charge < -0.3 is 14.9 Å². The molecule has 0 saturated heterocycles. The molecule has 1 atom stereocenters. The van der Waals surface area contributed by atoms with Gasteiger partial charge in [-0.15, -0.1) is 0 Å². The lowest BCUT2D eigenvalue weighted by atomic mass is 9.82. The Kier molecular flexibility index (Phi) is 4.43. The van der Waals surface area contributed by atoms with Crippen LogP contribution >= 0.6 is 0 Å². The highest BCUT2D eigenvalue weighted by Crippen LogP contribution is 2.47. The third kappa shape index (κ3) is 2.77. The lowest BCUT2D eigenvalue weighted by Gasteiger charge is -2.39. The highest BCUT2D eigenvalue weighted by molar-refractivity contribution is 5.96. The number of fused-ring (bicyclic) bond motifs is 1. The van der Waals surface area contributed by atoms with Gasteiger partial charge in [0.1, 0.15) is 5.75 Å². The van der Waals surface area contributed by atoms with E-state index in [0.29, 0.717) is 5.56 Å². The van der Waals surface area contributed by atoms with Crippen LogP contribution in [0.15, 0.2) is 23.8 Å².